The highest BCUT2D eigenvalue weighted by Gasteiger charge is 2.31. The van der Waals surface area contributed by atoms with Gasteiger partial charge in [-0.3, -0.25) is 9.59 Å². The molecule has 1 saturated carbocycles. The van der Waals surface area contributed by atoms with Crippen molar-refractivity contribution < 1.29 is 22.8 Å². The third-order valence-corrected chi connectivity index (χ3v) is 7.00. The van der Waals surface area contributed by atoms with Crippen LogP contribution in [-0.4, -0.2) is 26.2 Å². The van der Waals surface area contributed by atoms with Gasteiger partial charge in [-0.2, -0.15) is 13.2 Å². The second-order valence-electron chi connectivity index (χ2n) is 9.10. The van der Waals surface area contributed by atoms with E-state index in [2.05, 4.69) is 15.3 Å². The average molecular weight is 513 g/mol. The van der Waals surface area contributed by atoms with Crippen molar-refractivity contribution in [2.75, 3.05) is 5.32 Å². The van der Waals surface area contributed by atoms with Gasteiger partial charge in [0.15, 0.2) is 0 Å². The Kier molecular flexibility index (Phi) is 6.38. The number of hydrogen-bond acceptors (Lipinski definition) is 5. The molecule has 1 amide bonds. The minimum absolute atomic E-state index is 0.000666. The summed E-state index contributed by atoms with van der Waals surface area (Å²) < 4.78 is 41.4. The molecule has 5 rings (SSSR count). The normalized spacial score (nSPS) is 14.7. The number of ketones is 1. The van der Waals surface area contributed by atoms with Gasteiger partial charge in [-0.05, 0) is 48.6 Å². The smallest absolute Gasteiger partial charge is 0.327 e. The lowest BCUT2D eigenvalue weighted by molar-refractivity contribution is -0.137. The molecule has 0 aliphatic heterocycles. The van der Waals surface area contributed by atoms with Crippen LogP contribution in [0.3, 0.4) is 0 Å². The second-order valence-corrected chi connectivity index (χ2v) is 9.82. The number of benzene rings is 2. The van der Waals surface area contributed by atoms with E-state index in [4.69, 9.17) is 0 Å². The third kappa shape index (κ3) is 5.18. The summed E-state index contributed by atoms with van der Waals surface area (Å²) in [6, 6.07) is 10.3. The summed E-state index contributed by atoms with van der Waals surface area (Å²) in [5.41, 5.74) is 3.56. The number of carbonyl (C=O) groups is 2. The van der Waals surface area contributed by atoms with E-state index in [1.165, 1.54) is 17.4 Å². The van der Waals surface area contributed by atoms with Gasteiger partial charge < -0.3 is 9.88 Å². The highest BCUT2D eigenvalue weighted by atomic mass is 32.1. The quantitative estimate of drug-likeness (QED) is 0.310. The van der Waals surface area contributed by atoms with Crippen LogP contribution in [-0.2, 0) is 23.9 Å². The topological polar surface area (TPSA) is 76.9 Å². The first-order valence-corrected chi connectivity index (χ1v) is 12.5. The van der Waals surface area contributed by atoms with Crippen molar-refractivity contribution in [3.8, 4) is 0 Å². The summed E-state index contributed by atoms with van der Waals surface area (Å²) in [4.78, 5) is 34.3. The second kappa shape index (κ2) is 9.50. The Labute approximate surface area is 209 Å². The molecule has 2 heterocycles. The van der Waals surface area contributed by atoms with Gasteiger partial charge in [0.2, 0.25) is 0 Å². The Morgan fingerprint density at radius 2 is 2.00 bits per heavy atom. The van der Waals surface area contributed by atoms with Crippen molar-refractivity contribution in [1.82, 2.24) is 14.5 Å². The molecule has 36 heavy (non-hydrogen) atoms. The number of anilines is 1. The summed E-state index contributed by atoms with van der Waals surface area (Å²) in [5, 5.41) is 4.51. The summed E-state index contributed by atoms with van der Waals surface area (Å²) in [6.45, 7) is 2.32. The van der Waals surface area contributed by atoms with Crippen molar-refractivity contribution >= 4 is 39.7 Å². The molecular formula is C26H23F3N4O2S. The number of nitrogens with one attached hydrogen (secondary N) is 1. The molecule has 10 heteroatoms. The maximum Gasteiger partial charge on any atom is 0.416 e. The predicted molar refractivity (Wildman–Crippen MR) is 131 cm³/mol. The number of nitrogens with zero attached hydrogens (tertiary/aromatic N) is 3. The number of thiazole rings is 1. The minimum Gasteiger partial charge on any atom is -0.327 e. The van der Waals surface area contributed by atoms with Gasteiger partial charge in [-0.25, -0.2) is 9.97 Å². The summed E-state index contributed by atoms with van der Waals surface area (Å²) in [5.74, 6) is -0.170. The third-order valence-electron chi connectivity index (χ3n) is 6.42. The molecule has 6 nitrogen and oxygen atoms in total. The van der Waals surface area contributed by atoms with Crippen LogP contribution in [0, 0.1) is 5.92 Å². The molecule has 4 aromatic rings. The zero-order chi connectivity index (χ0) is 25.4. The average Bonchev–Trinajstić information content (AvgIpc) is 3.37. The van der Waals surface area contributed by atoms with Crippen LogP contribution in [0.5, 0.6) is 0 Å². The van der Waals surface area contributed by atoms with Crippen LogP contribution >= 0.6 is 11.3 Å². The molecule has 0 saturated heterocycles. The largest absolute Gasteiger partial charge is 0.416 e. The van der Waals surface area contributed by atoms with Crippen LogP contribution in [0.4, 0.5) is 18.9 Å². The lowest BCUT2D eigenvalue weighted by Crippen LogP contribution is -2.17. The van der Waals surface area contributed by atoms with Crippen LogP contribution in [0.2, 0.25) is 0 Å². The van der Waals surface area contributed by atoms with Crippen LogP contribution in [0.25, 0.3) is 11.0 Å². The molecule has 0 bridgehead atoms. The summed E-state index contributed by atoms with van der Waals surface area (Å²) in [6.07, 6.45) is -2.29. The Morgan fingerprint density at radius 1 is 1.19 bits per heavy atom. The van der Waals surface area contributed by atoms with Crippen LogP contribution in [0.15, 0.2) is 53.4 Å². The van der Waals surface area contributed by atoms with Crippen molar-refractivity contribution in [3.05, 3.63) is 76.0 Å². The molecule has 1 aliphatic carbocycles. The van der Waals surface area contributed by atoms with Gasteiger partial charge in [-0.15, -0.1) is 11.3 Å². The molecule has 0 spiro atoms. The lowest BCUT2D eigenvalue weighted by Gasteiger charge is -2.14. The Balaban J connectivity index is 1.41. The van der Waals surface area contributed by atoms with Crippen LogP contribution < -0.4 is 5.32 Å². The Morgan fingerprint density at radius 3 is 2.69 bits per heavy atom. The van der Waals surface area contributed by atoms with Gasteiger partial charge in [-0.1, -0.05) is 25.1 Å². The number of fused-ring (bicyclic) bond motifs is 1. The number of carbonyl (C=O) groups excluding carboxylic acids is 2. The molecule has 2 aromatic heterocycles. The highest BCUT2D eigenvalue weighted by Crippen LogP contribution is 2.34. The van der Waals surface area contributed by atoms with E-state index in [1.807, 2.05) is 10.6 Å². The zero-order valence-corrected chi connectivity index (χ0v) is 20.2. The fourth-order valence-electron chi connectivity index (χ4n) is 4.15. The van der Waals surface area contributed by atoms with Gasteiger partial charge in [0.05, 0.1) is 28.5 Å². The fourth-order valence-corrected chi connectivity index (χ4v) is 4.68. The number of halogens is 3. The monoisotopic (exact) mass is 512 g/mol. The lowest BCUT2D eigenvalue weighted by atomic mass is 9.93. The van der Waals surface area contributed by atoms with Crippen LogP contribution in [0.1, 0.15) is 53.1 Å². The van der Waals surface area contributed by atoms with Crippen molar-refractivity contribution in [2.24, 2.45) is 5.92 Å². The Bertz CT molecular complexity index is 1420. The van der Waals surface area contributed by atoms with E-state index in [9.17, 15) is 22.8 Å². The number of alkyl halides is 3. The van der Waals surface area contributed by atoms with E-state index in [0.717, 1.165) is 30.5 Å². The van der Waals surface area contributed by atoms with E-state index >= 15 is 0 Å². The number of amides is 1. The number of Topliss-reactive ketones (excluding diaryl/α,β-unsaturated/α-hetero) is 1. The van der Waals surface area contributed by atoms with Gasteiger partial charge in [0.25, 0.3) is 5.91 Å². The molecule has 2 aromatic carbocycles. The van der Waals surface area contributed by atoms with Gasteiger partial charge in [0.1, 0.15) is 17.3 Å². The minimum atomic E-state index is -4.47. The molecular weight excluding hydrogens is 489 g/mol. The molecule has 1 aliphatic rings. The van der Waals surface area contributed by atoms with E-state index < -0.39 is 17.7 Å². The number of aromatic nitrogens is 3. The first-order chi connectivity index (χ1) is 17.2. The van der Waals surface area contributed by atoms with Crippen molar-refractivity contribution in [2.45, 2.75) is 44.8 Å². The van der Waals surface area contributed by atoms with Gasteiger partial charge in [0, 0.05) is 23.5 Å². The van der Waals surface area contributed by atoms with E-state index in [1.54, 1.807) is 36.0 Å². The van der Waals surface area contributed by atoms with Gasteiger partial charge >= 0.3 is 6.18 Å². The molecule has 186 valence electrons. The molecule has 1 fully saturated rings. The molecule has 0 radical (unpaired) electrons. The maximum absolute atomic E-state index is 13.2. The SMILES string of the molecule is CC(C(=O)Cc1nc2ccc(NC(=O)c3cscn3)cc2n1CC1CC1)c1cccc(C(F)(F)F)c1. The summed E-state index contributed by atoms with van der Waals surface area (Å²) in [7, 11) is 0. The number of hydrogen-bond donors (Lipinski definition) is 1. The summed E-state index contributed by atoms with van der Waals surface area (Å²) >= 11 is 1.34. The zero-order valence-electron chi connectivity index (χ0n) is 19.4. The number of imidazole rings is 1. The maximum atomic E-state index is 13.2. The highest BCUT2D eigenvalue weighted by molar-refractivity contribution is 7.07. The molecule has 1 unspecified atom stereocenters. The first kappa shape index (κ1) is 24.2. The van der Waals surface area contributed by atoms with Crippen molar-refractivity contribution in [1.29, 1.82) is 0 Å². The first-order valence-electron chi connectivity index (χ1n) is 11.6. The van der Waals surface area contributed by atoms with E-state index in [0.29, 0.717) is 40.7 Å². The predicted octanol–water partition coefficient (Wildman–Crippen LogP) is 6.09. The molecule has 1 N–H and O–H groups in total. The standard InChI is InChI=1S/C26H23F3N4O2S/c1-15(17-3-2-4-18(9-17)26(27,28)29)23(34)11-24-32-20-8-7-19(31-25(35)21-13-36-14-30-21)10-22(20)33(24)12-16-5-6-16/h2-4,7-10,13-16H,5-6,11-12H2,1H3,(H,31,35). The fraction of sp³-hybridized carbons (Fsp3) is 0.308. The number of rotatable bonds is 8. The van der Waals surface area contributed by atoms with Crippen molar-refractivity contribution in [3.63, 3.8) is 0 Å². The molecule has 1 atom stereocenters. The van der Waals surface area contributed by atoms with E-state index in [-0.39, 0.29) is 18.1 Å². The Hall–Kier alpha value is -3.53.